The summed E-state index contributed by atoms with van der Waals surface area (Å²) in [6.45, 7) is 4.38. The minimum absolute atomic E-state index is 0.303. The Morgan fingerprint density at radius 2 is 2.08 bits per heavy atom. The Labute approximate surface area is 150 Å². The number of carbonyl (C=O) groups excluding carboxylic acids is 1. The molecule has 0 saturated carbocycles. The third kappa shape index (κ3) is 4.64. The molecule has 0 aliphatic rings. The van der Waals surface area contributed by atoms with E-state index < -0.39 is 6.09 Å². The van der Waals surface area contributed by atoms with Gasteiger partial charge in [0, 0.05) is 22.8 Å². The predicted octanol–water partition coefficient (Wildman–Crippen LogP) is 5.08. The van der Waals surface area contributed by atoms with E-state index >= 15 is 0 Å². The number of hydrogen-bond donors (Lipinski definition) is 1. The fraction of sp³-hybridized carbons (Fsp3) is 0.211. The van der Waals surface area contributed by atoms with Crippen LogP contribution in [0.25, 0.3) is 22.0 Å². The maximum atomic E-state index is 11.8. The van der Waals surface area contributed by atoms with Crippen LogP contribution in [0.2, 0.25) is 0 Å². The minimum atomic E-state index is -0.446. The SMILES string of the molecule is CC(C)COC(=O)Nc1cccc(-c2csc(-c3ccccn3)n2)c1. The molecule has 0 unspecified atom stereocenters. The van der Waals surface area contributed by atoms with Crippen molar-refractivity contribution in [1.82, 2.24) is 9.97 Å². The maximum absolute atomic E-state index is 11.8. The number of nitrogens with zero attached hydrogens (tertiary/aromatic N) is 2. The molecule has 128 valence electrons. The first-order valence-corrected chi connectivity index (χ1v) is 8.91. The number of benzene rings is 1. The van der Waals surface area contributed by atoms with Gasteiger partial charge in [0.25, 0.3) is 0 Å². The minimum Gasteiger partial charge on any atom is -0.449 e. The van der Waals surface area contributed by atoms with E-state index in [-0.39, 0.29) is 0 Å². The van der Waals surface area contributed by atoms with Gasteiger partial charge in [-0.3, -0.25) is 10.3 Å². The zero-order chi connectivity index (χ0) is 17.6. The average molecular weight is 353 g/mol. The van der Waals surface area contributed by atoms with Gasteiger partial charge >= 0.3 is 6.09 Å². The molecule has 1 N–H and O–H groups in total. The van der Waals surface area contributed by atoms with Gasteiger partial charge in [-0.15, -0.1) is 11.3 Å². The summed E-state index contributed by atoms with van der Waals surface area (Å²) in [5.41, 5.74) is 3.31. The van der Waals surface area contributed by atoms with E-state index in [1.54, 1.807) is 17.5 Å². The fourth-order valence-corrected chi connectivity index (χ4v) is 2.97. The second kappa shape index (κ2) is 7.90. The van der Waals surface area contributed by atoms with E-state index in [9.17, 15) is 4.79 Å². The Balaban J connectivity index is 1.74. The van der Waals surface area contributed by atoms with Crippen LogP contribution in [0.4, 0.5) is 10.5 Å². The van der Waals surface area contributed by atoms with Crippen LogP contribution in [-0.2, 0) is 4.74 Å². The Hall–Kier alpha value is -2.73. The van der Waals surface area contributed by atoms with Gasteiger partial charge in [-0.25, -0.2) is 9.78 Å². The van der Waals surface area contributed by atoms with Gasteiger partial charge in [-0.1, -0.05) is 32.0 Å². The van der Waals surface area contributed by atoms with Crippen LogP contribution < -0.4 is 5.32 Å². The highest BCUT2D eigenvalue weighted by Gasteiger charge is 2.09. The first-order chi connectivity index (χ1) is 12.1. The zero-order valence-corrected chi connectivity index (χ0v) is 14.9. The third-order valence-electron chi connectivity index (χ3n) is 3.34. The molecule has 6 heteroatoms. The fourth-order valence-electron chi connectivity index (χ4n) is 2.17. The number of pyridine rings is 1. The summed E-state index contributed by atoms with van der Waals surface area (Å²) >= 11 is 1.54. The second-order valence-electron chi connectivity index (χ2n) is 5.95. The molecule has 0 aliphatic carbocycles. The summed E-state index contributed by atoms with van der Waals surface area (Å²) in [5.74, 6) is 0.303. The standard InChI is InChI=1S/C19H19N3O2S/c1-13(2)11-24-19(23)21-15-7-5-6-14(10-15)17-12-25-18(22-17)16-8-3-4-9-20-16/h3-10,12-13H,11H2,1-2H3,(H,21,23). The van der Waals surface area contributed by atoms with Crippen LogP contribution in [0.1, 0.15) is 13.8 Å². The highest BCUT2D eigenvalue weighted by atomic mass is 32.1. The zero-order valence-electron chi connectivity index (χ0n) is 14.1. The Morgan fingerprint density at radius 1 is 1.20 bits per heavy atom. The van der Waals surface area contributed by atoms with Gasteiger partial charge in [0.1, 0.15) is 5.01 Å². The molecule has 0 atom stereocenters. The molecule has 1 amide bonds. The first-order valence-electron chi connectivity index (χ1n) is 8.03. The van der Waals surface area contributed by atoms with Crippen molar-refractivity contribution in [3.05, 3.63) is 54.0 Å². The van der Waals surface area contributed by atoms with Gasteiger partial charge in [0.05, 0.1) is 18.0 Å². The van der Waals surface area contributed by atoms with Crippen molar-refractivity contribution < 1.29 is 9.53 Å². The van der Waals surface area contributed by atoms with Gasteiger partial charge in [-0.05, 0) is 30.2 Å². The van der Waals surface area contributed by atoms with Gasteiger partial charge in [0.2, 0.25) is 0 Å². The van der Waals surface area contributed by atoms with Crippen molar-refractivity contribution in [3.8, 4) is 22.0 Å². The third-order valence-corrected chi connectivity index (χ3v) is 4.21. The number of nitrogens with one attached hydrogen (secondary N) is 1. The quantitative estimate of drug-likeness (QED) is 0.695. The van der Waals surface area contributed by atoms with Crippen LogP contribution in [0, 0.1) is 5.92 Å². The molecule has 25 heavy (non-hydrogen) atoms. The molecule has 5 nitrogen and oxygen atoms in total. The highest BCUT2D eigenvalue weighted by molar-refractivity contribution is 7.13. The lowest BCUT2D eigenvalue weighted by Gasteiger charge is -2.09. The van der Waals surface area contributed by atoms with Gasteiger partial charge in [0.15, 0.2) is 0 Å². The molecule has 0 bridgehead atoms. The summed E-state index contributed by atoms with van der Waals surface area (Å²) in [4.78, 5) is 20.8. The number of carbonyl (C=O) groups is 1. The number of aromatic nitrogens is 2. The summed E-state index contributed by atoms with van der Waals surface area (Å²) in [7, 11) is 0. The summed E-state index contributed by atoms with van der Waals surface area (Å²) in [5, 5.41) is 5.60. The second-order valence-corrected chi connectivity index (χ2v) is 6.81. The molecule has 0 radical (unpaired) electrons. The molecule has 2 heterocycles. The highest BCUT2D eigenvalue weighted by Crippen LogP contribution is 2.28. The molecule has 0 fully saturated rings. The van der Waals surface area contributed by atoms with Gasteiger partial charge in [-0.2, -0.15) is 0 Å². The topological polar surface area (TPSA) is 64.1 Å². The first kappa shape index (κ1) is 17.1. The molecule has 0 aliphatic heterocycles. The number of rotatable bonds is 5. The molecule has 3 rings (SSSR count). The van der Waals surface area contributed by atoms with E-state index in [1.165, 1.54) is 0 Å². The van der Waals surface area contributed by atoms with Crippen LogP contribution in [0.3, 0.4) is 0 Å². The van der Waals surface area contributed by atoms with E-state index in [0.717, 1.165) is 22.0 Å². The number of amides is 1. The number of anilines is 1. The summed E-state index contributed by atoms with van der Waals surface area (Å²) in [6.07, 6.45) is 1.31. The summed E-state index contributed by atoms with van der Waals surface area (Å²) < 4.78 is 5.14. The maximum Gasteiger partial charge on any atom is 0.411 e. The van der Waals surface area contributed by atoms with Crippen LogP contribution in [-0.4, -0.2) is 22.7 Å². The van der Waals surface area contributed by atoms with E-state index in [1.807, 2.05) is 61.7 Å². The molecule has 3 aromatic rings. The molecule has 2 aromatic heterocycles. The average Bonchev–Trinajstić information content (AvgIpc) is 3.11. The number of hydrogen-bond acceptors (Lipinski definition) is 5. The normalized spacial score (nSPS) is 10.7. The smallest absolute Gasteiger partial charge is 0.411 e. The molecule has 0 saturated heterocycles. The van der Waals surface area contributed by atoms with Crippen molar-refractivity contribution in [2.24, 2.45) is 5.92 Å². The molecular weight excluding hydrogens is 334 g/mol. The molecule has 0 spiro atoms. The van der Waals surface area contributed by atoms with Crippen LogP contribution in [0.15, 0.2) is 54.0 Å². The van der Waals surface area contributed by atoms with Crippen molar-refractivity contribution in [1.29, 1.82) is 0 Å². The number of thiazole rings is 1. The predicted molar refractivity (Wildman–Crippen MR) is 101 cm³/mol. The lowest BCUT2D eigenvalue weighted by atomic mass is 10.1. The monoisotopic (exact) mass is 353 g/mol. The lowest BCUT2D eigenvalue weighted by Crippen LogP contribution is -2.16. The summed E-state index contributed by atoms with van der Waals surface area (Å²) in [6, 6.07) is 13.3. The van der Waals surface area contributed by atoms with E-state index in [4.69, 9.17) is 4.74 Å². The Morgan fingerprint density at radius 3 is 2.84 bits per heavy atom. The van der Waals surface area contributed by atoms with Crippen molar-refractivity contribution in [2.45, 2.75) is 13.8 Å². The largest absolute Gasteiger partial charge is 0.449 e. The van der Waals surface area contributed by atoms with Crippen molar-refractivity contribution in [3.63, 3.8) is 0 Å². The molecule has 1 aromatic carbocycles. The van der Waals surface area contributed by atoms with Gasteiger partial charge < -0.3 is 4.74 Å². The van der Waals surface area contributed by atoms with E-state index in [2.05, 4.69) is 15.3 Å². The van der Waals surface area contributed by atoms with Crippen molar-refractivity contribution in [2.75, 3.05) is 11.9 Å². The Kier molecular flexibility index (Phi) is 5.40. The lowest BCUT2D eigenvalue weighted by molar-refractivity contribution is 0.147. The van der Waals surface area contributed by atoms with Crippen LogP contribution >= 0.6 is 11.3 Å². The number of ether oxygens (including phenoxy) is 1. The Bertz CT molecular complexity index is 847. The molecular formula is C19H19N3O2S. The van der Waals surface area contributed by atoms with Crippen molar-refractivity contribution >= 4 is 23.1 Å². The van der Waals surface area contributed by atoms with Crippen LogP contribution in [0.5, 0.6) is 0 Å². The van der Waals surface area contributed by atoms with E-state index in [0.29, 0.717) is 18.2 Å².